The Morgan fingerprint density at radius 3 is 2.76 bits per heavy atom. The fraction of sp³-hybridized carbons (Fsp3) is 0.500. The minimum absolute atomic E-state index is 0.0326. The maximum Gasteiger partial charge on any atom is 0.216 e. The van der Waals surface area contributed by atoms with Crippen LogP contribution in [0.3, 0.4) is 0 Å². The summed E-state index contributed by atoms with van der Waals surface area (Å²) in [6.45, 7) is 3.95. The first-order valence-electron chi connectivity index (χ1n) is 6.30. The van der Waals surface area contributed by atoms with Gasteiger partial charge in [0, 0.05) is 26.6 Å². The average molecular weight is 232 g/mol. The number of carbonyl (C=O) groups is 1. The van der Waals surface area contributed by atoms with Crippen LogP contribution in [0.15, 0.2) is 24.3 Å². The highest BCUT2D eigenvalue weighted by Crippen LogP contribution is 2.41. The van der Waals surface area contributed by atoms with Crippen molar-refractivity contribution < 1.29 is 4.79 Å². The third-order valence-electron chi connectivity index (χ3n) is 3.06. The summed E-state index contributed by atoms with van der Waals surface area (Å²) in [5.41, 5.74) is 2.90. The first kappa shape index (κ1) is 12.1. The van der Waals surface area contributed by atoms with E-state index in [1.54, 1.807) is 6.92 Å². The molecule has 3 heteroatoms. The molecule has 1 aromatic carbocycles. The number of hydrogen-bond acceptors (Lipinski definition) is 2. The lowest BCUT2D eigenvalue weighted by Gasteiger charge is -2.10. The van der Waals surface area contributed by atoms with Crippen LogP contribution in [0, 0.1) is 0 Å². The Hall–Kier alpha value is -1.35. The zero-order valence-electron chi connectivity index (χ0n) is 10.3. The Balaban J connectivity index is 1.76. The van der Waals surface area contributed by atoms with E-state index in [0.717, 1.165) is 19.0 Å². The molecule has 0 saturated heterocycles. The molecule has 0 radical (unpaired) electrons. The Morgan fingerprint density at radius 2 is 2.06 bits per heavy atom. The molecule has 0 spiro atoms. The second-order valence-electron chi connectivity index (χ2n) is 4.63. The second-order valence-corrected chi connectivity index (χ2v) is 4.63. The van der Waals surface area contributed by atoms with Crippen LogP contribution >= 0.6 is 0 Å². The third kappa shape index (κ3) is 3.86. The van der Waals surface area contributed by atoms with Crippen LogP contribution in [-0.2, 0) is 11.3 Å². The summed E-state index contributed by atoms with van der Waals surface area (Å²) in [4.78, 5) is 10.7. The van der Waals surface area contributed by atoms with Crippen molar-refractivity contribution in [3.8, 4) is 0 Å². The second kappa shape index (κ2) is 5.82. The van der Waals surface area contributed by atoms with E-state index in [1.807, 2.05) is 0 Å². The van der Waals surface area contributed by atoms with Gasteiger partial charge in [0.2, 0.25) is 5.91 Å². The normalized spacial score (nSPS) is 14.6. The molecule has 1 aliphatic carbocycles. The van der Waals surface area contributed by atoms with E-state index in [2.05, 4.69) is 34.9 Å². The van der Waals surface area contributed by atoms with E-state index >= 15 is 0 Å². The Kier molecular flexibility index (Phi) is 4.15. The molecule has 2 rings (SSSR count). The van der Waals surface area contributed by atoms with Crippen molar-refractivity contribution >= 4 is 5.91 Å². The summed E-state index contributed by atoms with van der Waals surface area (Å²) in [7, 11) is 0. The van der Waals surface area contributed by atoms with Gasteiger partial charge in [0.05, 0.1) is 0 Å². The van der Waals surface area contributed by atoms with Crippen LogP contribution in [0.2, 0.25) is 0 Å². The number of rotatable bonds is 6. The molecule has 0 atom stereocenters. The Labute approximate surface area is 103 Å². The van der Waals surface area contributed by atoms with Crippen molar-refractivity contribution in [2.75, 3.05) is 13.1 Å². The van der Waals surface area contributed by atoms with Crippen LogP contribution < -0.4 is 10.6 Å². The molecule has 1 aromatic rings. The molecule has 0 aliphatic heterocycles. The smallest absolute Gasteiger partial charge is 0.216 e. The summed E-state index contributed by atoms with van der Waals surface area (Å²) in [5, 5.41) is 6.15. The van der Waals surface area contributed by atoms with Crippen molar-refractivity contribution in [1.82, 2.24) is 10.6 Å². The molecule has 3 nitrogen and oxygen atoms in total. The van der Waals surface area contributed by atoms with Gasteiger partial charge in [-0.3, -0.25) is 4.79 Å². The summed E-state index contributed by atoms with van der Waals surface area (Å²) >= 11 is 0. The fourth-order valence-corrected chi connectivity index (χ4v) is 2.04. The van der Waals surface area contributed by atoms with E-state index in [9.17, 15) is 4.79 Å². The minimum atomic E-state index is 0.0326. The topological polar surface area (TPSA) is 41.1 Å². The molecule has 1 fully saturated rings. The van der Waals surface area contributed by atoms with Crippen molar-refractivity contribution in [3.63, 3.8) is 0 Å². The van der Waals surface area contributed by atoms with Gasteiger partial charge in [-0.05, 0) is 29.9 Å². The van der Waals surface area contributed by atoms with Crippen molar-refractivity contribution in [3.05, 3.63) is 35.4 Å². The van der Waals surface area contributed by atoms with Gasteiger partial charge in [-0.1, -0.05) is 24.3 Å². The highest BCUT2D eigenvalue weighted by Gasteiger charge is 2.25. The van der Waals surface area contributed by atoms with Crippen LogP contribution in [-0.4, -0.2) is 19.0 Å². The molecule has 1 amide bonds. The van der Waals surface area contributed by atoms with Gasteiger partial charge in [0.25, 0.3) is 0 Å². The predicted molar refractivity (Wildman–Crippen MR) is 68.8 cm³/mol. The van der Waals surface area contributed by atoms with Gasteiger partial charge >= 0.3 is 0 Å². The summed E-state index contributed by atoms with van der Waals surface area (Å²) < 4.78 is 0. The van der Waals surface area contributed by atoms with Gasteiger partial charge in [-0.15, -0.1) is 0 Å². The van der Waals surface area contributed by atoms with Crippen LogP contribution in [0.4, 0.5) is 0 Å². The molecule has 0 heterocycles. The zero-order chi connectivity index (χ0) is 12.1. The van der Waals surface area contributed by atoms with E-state index < -0.39 is 0 Å². The molecule has 92 valence electrons. The lowest BCUT2D eigenvalue weighted by molar-refractivity contribution is -0.118. The standard InChI is InChI=1S/C14H20N2O/c1-11(17)16-9-8-15-10-13-4-2-3-5-14(13)12-6-7-12/h2-5,12,15H,6-10H2,1H3,(H,16,17). The monoisotopic (exact) mass is 232 g/mol. The number of carbonyl (C=O) groups excluding carboxylic acids is 1. The van der Waals surface area contributed by atoms with Crippen LogP contribution in [0.5, 0.6) is 0 Å². The quantitative estimate of drug-likeness (QED) is 0.734. The van der Waals surface area contributed by atoms with Crippen molar-refractivity contribution in [2.24, 2.45) is 0 Å². The Morgan fingerprint density at radius 1 is 1.29 bits per heavy atom. The minimum Gasteiger partial charge on any atom is -0.355 e. The first-order chi connectivity index (χ1) is 8.27. The first-order valence-corrected chi connectivity index (χ1v) is 6.30. The van der Waals surface area contributed by atoms with E-state index in [4.69, 9.17) is 0 Å². The Bertz CT molecular complexity index is 386. The van der Waals surface area contributed by atoms with Gasteiger partial charge in [-0.25, -0.2) is 0 Å². The zero-order valence-corrected chi connectivity index (χ0v) is 10.3. The van der Waals surface area contributed by atoms with E-state index in [-0.39, 0.29) is 5.91 Å². The largest absolute Gasteiger partial charge is 0.355 e. The molecule has 1 saturated carbocycles. The van der Waals surface area contributed by atoms with Crippen LogP contribution in [0.1, 0.15) is 36.8 Å². The van der Waals surface area contributed by atoms with Gasteiger partial charge in [-0.2, -0.15) is 0 Å². The molecule has 17 heavy (non-hydrogen) atoms. The fourth-order valence-electron chi connectivity index (χ4n) is 2.04. The van der Waals surface area contributed by atoms with Gasteiger partial charge in [0.1, 0.15) is 0 Å². The van der Waals surface area contributed by atoms with Gasteiger partial charge in [0.15, 0.2) is 0 Å². The molecule has 2 N–H and O–H groups in total. The van der Waals surface area contributed by atoms with E-state index in [0.29, 0.717) is 6.54 Å². The maximum absolute atomic E-state index is 10.7. The van der Waals surface area contributed by atoms with Crippen LogP contribution in [0.25, 0.3) is 0 Å². The molecule has 0 aromatic heterocycles. The lowest BCUT2D eigenvalue weighted by atomic mass is 10.0. The SMILES string of the molecule is CC(=O)NCCNCc1ccccc1C1CC1. The number of amides is 1. The molecular formula is C14H20N2O. The number of benzene rings is 1. The van der Waals surface area contributed by atoms with Crippen molar-refractivity contribution in [1.29, 1.82) is 0 Å². The number of nitrogens with one attached hydrogen (secondary N) is 2. The predicted octanol–water partition coefficient (Wildman–Crippen LogP) is 1.79. The van der Waals surface area contributed by atoms with E-state index in [1.165, 1.54) is 24.0 Å². The highest BCUT2D eigenvalue weighted by molar-refractivity contribution is 5.72. The third-order valence-corrected chi connectivity index (χ3v) is 3.06. The summed E-state index contributed by atoms with van der Waals surface area (Å²) in [6.07, 6.45) is 2.67. The average Bonchev–Trinajstić information content (AvgIpc) is 3.13. The highest BCUT2D eigenvalue weighted by atomic mass is 16.1. The van der Waals surface area contributed by atoms with Gasteiger partial charge < -0.3 is 10.6 Å². The molecule has 0 bridgehead atoms. The summed E-state index contributed by atoms with van der Waals surface area (Å²) in [5.74, 6) is 0.827. The molecular weight excluding hydrogens is 212 g/mol. The molecule has 1 aliphatic rings. The summed E-state index contributed by atoms with van der Waals surface area (Å²) in [6, 6.07) is 8.65. The maximum atomic E-state index is 10.7. The lowest BCUT2D eigenvalue weighted by Crippen LogP contribution is -2.30. The van der Waals surface area contributed by atoms with Crippen molar-refractivity contribution in [2.45, 2.75) is 32.2 Å². The molecule has 0 unspecified atom stereocenters. The number of hydrogen-bond donors (Lipinski definition) is 2.